The van der Waals surface area contributed by atoms with Gasteiger partial charge in [0.25, 0.3) is 0 Å². The van der Waals surface area contributed by atoms with E-state index < -0.39 is 12.0 Å². The first-order chi connectivity index (χ1) is 9.65. The molecular weight excluding hydrogens is 385 g/mol. The smallest absolute Gasteiger partial charge is 0.325 e. The van der Waals surface area contributed by atoms with Crippen LogP contribution in [0.15, 0.2) is 35.7 Å². The SMILES string of the molecule is O=C(O)C1c2ccsc2CCN1Cc1ccc(I)cc1. The second-order valence-electron chi connectivity index (χ2n) is 4.89. The van der Waals surface area contributed by atoms with Crippen LogP contribution in [0, 0.1) is 3.57 Å². The van der Waals surface area contributed by atoms with E-state index in [-0.39, 0.29) is 0 Å². The van der Waals surface area contributed by atoms with Gasteiger partial charge in [0.2, 0.25) is 0 Å². The van der Waals surface area contributed by atoms with Crippen molar-refractivity contribution in [2.45, 2.75) is 19.0 Å². The second-order valence-corrected chi connectivity index (χ2v) is 7.13. The van der Waals surface area contributed by atoms with Gasteiger partial charge in [-0.15, -0.1) is 11.3 Å². The van der Waals surface area contributed by atoms with Crippen molar-refractivity contribution in [3.8, 4) is 0 Å². The lowest BCUT2D eigenvalue weighted by Gasteiger charge is -2.33. The van der Waals surface area contributed by atoms with Gasteiger partial charge >= 0.3 is 5.97 Å². The van der Waals surface area contributed by atoms with Crippen LogP contribution < -0.4 is 0 Å². The third kappa shape index (κ3) is 2.75. The normalized spacial score (nSPS) is 18.8. The number of nitrogens with zero attached hydrogens (tertiary/aromatic N) is 1. The van der Waals surface area contributed by atoms with Crippen LogP contribution >= 0.6 is 33.9 Å². The van der Waals surface area contributed by atoms with Crippen LogP contribution in [0.2, 0.25) is 0 Å². The van der Waals surface area contributed by atoms with Crippen LogP contribution in [0.1, 0.15) is 22.0 Å². The molecule has 5 heteroatoms. The molecule has 1 aliphatic heterocycles. The van der Waals surface area contributed by atoms with Crippen LogP contribution in [0.5, 0.6) is 0 Å². The standard InChI is InChI=1S/C15H14INO2S/c16-11-3-1-10(2-4-11)9-17-7-5-13-12(6-8-20-13)14(17)15(18)19/h1-4,6,8,14H,5,7,9H2,(H,18,19). The van der Waals surface area contributed by atoms with E-state index in [1.165, 1.54) is 8.45 Å². The van der Waals surface area contributed by atoms with Crippen molar-refractivity contribution in [2.75, 3.05) is 6.54 Å². The largest absolute Gasteiger partial charge is 0.480 e. The van der Waals surface area contributed by atoms with Crippen LogP contribution in [-0.2, 0) is 17.8 Å². The fourth-order valence-electron chi connectivity index (χ4n) is 2.65. The summed E-state index contributed by atoms with van der Waals surface area (Å²) in [5.41, 5.74) is 2.13. The van der Waals surface area contributed by atoms with E-state index in [9.17, 15) is 9.90 Å². The number of benzene rings is 1. The van der Waals surface area contributed by atoms with Gasteiger partial charge < -0.3 is 5.11 Å². The Morgan fingerprint density at radius 1 is 1.35 bits per heavy atom. The van der Waals surface area contributed by atoms with E-state index in [1.54, 1.807) is 11.3 Å². The highest BCUT2D eigenvalue weighted by atomic mass is 127. The summed E-state index contributed by atoms with van der Waals surface area (Å²) < 4.78 is 1.19. The first-order valence-electron chi connectivity index (χ1n) is 6.43. The predicted molar refractivity (Wildman–Crippen MR) is 88.0 cm³/mol. The molecule has 0 bridgehead atoms. The Bertz CT molecular complexity index is 623. The maximum atomic E-state index is 11.6. The molecule has 0 aliphatic carbocycles. The van der Waals surface area contributed by atoms with Gasteiger partial charge in [-0.05, 0) is 63.7 Å². The Hall–Kier alpha value is -0.920. The molecule has 0 spiro atoms. The first-order valence-corrected chi connectivity index (χ1v) is 8.38. The molecule has 20 heavy (non-hydrogen) atoms. The molecule has 1 atom stereocenters. The Morgan fingerprint density at radius 3 is 2.80 bits per heavy atom. The molecule has 1 aromatic heterocycles. The molecule has 3 nitrogen and oxygen atoms in total. The number of thiophene rings is 1. The zero-order valence-corrected chi connectivity index (χ0v) is 13.7. The summed E-state index contributed by atoms with van der Waals surface area (Å²) in [4.78, 5) is 14.9. The van der Waals surface area contributed by atoms with Crippen molar-refractivity contribution in [1.82, 2.24) is 4.90 Å². The van der Waals surface area contributed by atoms with Crippen LogP contribution in [-0.4, -0.2) is 22.5 Å². The molecule has 3 rings (SSSR count). The van der Waals surface area contributed by atoms with E-state index >= 15 is 0 Å². The van der Waals surface area contributed by atoms with Crippen LogP contribution in [0.25, 0.3) is 0 Å². The number of halogens is 1. The van der Waals surface area contributed by atoms with Gasteiger partial charge in [0.05, 0.1) is 0 Å². The van der Waals surface area contributed by atoms with E-state index in [0.29, 0.717) is 6.54 Å². The van der Waals surface area contributed by atoms with Crippen LogP contribution in [0.4, 0.5) is 0 Å². The molecule has 0 fully saturated rings. The molecule has 0 amide bonds. The van der Waals surface area contributed by atoms with Crippen molar-refractivity contribution >= 4 is 39.9 Å². The van der Waals surface area contributed by atoms with Crippen molar-refractivity contribution < 1.29 is 9.90 Å². The highest BCUT2D eigenvalue weighted by Crippen LogP contribution is 2.34. The topological polar surface area (TPSA) is 40.5 Å². The number of hydrogen-bond acceptors (Lipinski definition) is 3. The van der Waals surface area contributed by atoms with Crippen molar-refractivity contribution in [1.29, 1.82) is 0 Å². The fraction of sp³-hybridized carbons (Fsp3) is 0.267. The van der Waals surface area contributed by atoms with Gasteiger partial charge in [0, 0.05) is 21.5 Å². The zero-order chi connectivity index (χ0) is 14.1. The van der Waals surface area contributed by atoms with E-state index in [4.69, 9.17) is 0 Å². The fourth-order valence-corrected chi connectivity index (χ4v) is 3.92. The third-order valence-corrected chi connectivity index (χ3v) is 5.31. The number of aliphatic carboxylic acids is 1. The van der Waals surface area contributed by atoms with E-state index in [1.807, 2.05) is 11.4 Å². The van der Waals surface area contributed by atoms with Gasteiger partial charge in [-0.2, -0.15) is 0 Å². The van der Waals surface area contributed by atoms with E-state index in [0.717, 1.165) is 24.1 Å². The maximum Gasteiger partial charge on any atom is 0.325 e. The minimum Gasteiger partial charge on any atom is -0.480 e. The molecule has 2 aromatic rings. The Morgan fingerprint density at radius 2 is 2.10 bits per heavy atom. The molecule has 2 heterocycles. The van der Waals surface area contributed by atoms with Crippen molar-refractivity contribution in [2.24, 2.45) is 0 Å². The lowest BCUT2D eigenvalue weighted by atomic mass is 9.99. The second kappa shape index (κ2) is 5.83. The average molecular weight is 399 g/mol. The van der Waals surface area contributed by atoms with Crippen molar-refractivity contribution in [3.63, 3.8) is 0 Å². The summed E-state index contributed by atoms with van der Waals surface area (Å²) in [6.07, 6.45) is 0.946. The highest BCUT2D eigenvalue weighted by Gasteiger charge is 2.33. The number of carbonyl (C=O) groups is 1. The molecule has 0 saturated heterocycles. The molecule has 104 valence electrons. The summed E-state index contributed by atoms with van der Waals surface area (Å²) >= 11 is 3.94. The Kier molecular flexibility index (Phi) is 4.09. The first kappa shape index (κ1) is 14.0. The van der Waals surface area contributed by atoms with Gasteiger partial charge in [-0.3, -0.25) is 9.69 Å². The van der Waals surface area contributed by atoms with Gasteiger partial charge in [0.1, 0.15) is 6.04 Å². The summed E-state index contributed by atoms with van der Waals surface area (Å²) in [6, 6.07) is 9.72. The zero-order valence-electron chi connectivity index (χ0n) is 10.8. The van der Waals surface area contributed by atoms with Crippen LogP contribution in [0.3, 0.4) is 0 Å². The lowest BCUT2D eigenvalue weighted by Crippen LogP contribution is -2.38. The molecular formula is C15H14INO2S. The molecule has 0 saturated carbocycles. The summed E-state index contributed by atoms with van der Waals surface area (Å²) in [6.45, 7) is 1.49. The minimum absolute atomic E-state index is 0.510. The quantitative estimate of drug-likeness (QED) is 0.803. The number of rotatable bonds is 3. The third-order valence-electron chi connectivity index (χ3n) is 3.60. The average Bonchev–Trinajstić information content (AvgIpc) is 2.89. The Labute approximate surface area is 135 Å². The summed E-state index contributed by atoms with van der Waals surface area (Å²) in [5.74, 6) is -0.755. The number of carboxylic acid groups (broad SMARTS) is 1. The molecule has 1 N–H and O–H groups in total. The van der Waals surface area contributed by atoms with Gasteiger partial charge in [0.15, 0.2) is 0 Å². The van der Waals surface area contributed by atoms with Gasteiger partial charge in [-0.1, -0.05) is 12.1 Å². The highest BCUT2D eigenvalue weighted by molar-refractivity contribution is 14.1. The summed E-state index contributed by atoms with van der Waals surface area (Å²) in [5, 5.41) is 11.6. The predicted octanol–water partition coefficient (Wildman–Crippen LogP) is 3.54. The lowest BCUT2D eigenvalue weighted by molar-refractivity contribution is -0.144. The number of hydrogen-bond donors (Lipinski definition) is 1. The monoisotopic (exact) mass is 399 g/mol. The molecule has 0 radical (unpaired) electrons. The van der Waals surface area contributed by atoms with Gasteiger partial charge in [-0.25, -0.2) is 0 Å². The minimum atomic E-state index is -0.755. The Balaban J connectivity index is 1.86. The number of carboxylic acids is 1. The molecule has 1 aromatic carbocycles. The van der Waals surface area contributed by atoms with Crippen molar-refractivity contribution in [3.05, 3.63) is 55.3 Å². The molecule has 1 unspecified atom stereocenters. The molecule has 1 aliphatic rings. The summed E-state index contributed by atoms with van der Waals surface area (Å²) in [7, 11) is 0. The van der Waals surface area contributed by atoms with E-state index in [2.05, 4.69) is 51.8 Å². The maximum absolute atomic E-state index is 11.6. The number of fused-ring (bicyclic) bond motifs is 1.